The van der Waals surface area contributed by atoms with Crippen LogP contribution in [0.5, 0.6) is 0 Å². The normalized spacial score (nSPS) is 11.6. The summed E-state index contributed by atoms with van der Waals surface area (Å²) in [5.74, 6) is 0. The van der Waals surface area contributed by atoms with Gasteiger partial charge in [0.05, 0.1) is 0 Å². The van der Waals surface area contributed by atoms with Gasteiger partial charge in [0, 0.05) is 6.54 Å². The van der Waals surface area contributed by atoms with E-state index >= 15 is 0 Å². The molecule has 0 heterocycles. The molecule has 1 atom stereocenters. The van der Waals surface area contributed by atoms with E-state index in [1.807, 2.05) is 0 Å². The smallest absolute Gasteiger partial charge is 0.294 e. The van der Waals surface area contributed by atoms with Crippen molar-refractivity contribution in [3.63, 3.8) is 0 Å². The van der Waals surface area contributed by atoms with Crippen molar-refractivity contribution in [2.45, 2.75) is 6.23 Å². The van der Waals surface area contributed by atoms with Crippen molar-refractivity contribution in [1.29, 1.82) is 0 Å². The SMILES string of the molecule is C=CCNC(C=C)OC=O. The summed E-state index contributed by atoms with van der Waals surface area (Å²) in [5.41, 5.74) is 0. The zero-order chi connectivity index (χ0) is 7.82. The van der Waals surface area contributed by atoms with Crippen LogP contribution in [0.15, 0.2) is 25.3 Å². The first-order valence-corrected chi connectivity index (χ1v) is 2.91. The third-order valence-electron chi connectivity index (χ3n) is 0.880. The van der Waals surface area contributed by atoms with Crippen molar-refractivity contribution >= 4 is 6.47 Å². The molecule has 0 radical (unpaired) electrons. The van der Waals surface area contributed by atoms with Crippen LogP contribution in [0.1, 0.15) is 0 Å². The first-order chi connectivity index (χ1) is 4.85. The Morgan fingerprint density at radius 1 is 1.60 bits per heavy atom. The Kier molecular flexibility index (Phi) is 5.38. The molecule has 1 N–H and O–H groups in total. The largest absolute Gasteiger partial charge is 0.445 e. The summed E-state index contributed by atoms with van der Waals surface area (Å²) >= 11 is 0. The lowest BCUT2D eigenvalue weighted by molar-refractivity contribution is -0.132. The second kappa shape index (κ2) is 6.04. The molecule has 0 amide bonds. The molecule has 0 spiro atoms. The molecule has 56 valence electrons. The highest BCUT2D eigenvalue weighted by molar-refractivity contribution is 5.37. The molecule has 0 aliphatic heterocycles. The fourth-order valence-corrected chi connectivity index (χ4v) is 0.446. The third-order valence-corrected chi connectivity index (χ3v) is 0.880. The molecule has 0 aromatic carbocycles. The molecule has 0 rings (SSSR count). The molecule has 0 saturated heterocycles. The molecule has 0 aromatic rings. The van der Waals surface area contributed by atoms with Crippen LogP contribution in [0.25, 0.3) is 0 Å². The summed E-state index contributed by atoms with van der Waals surface area (Å²) < 4.78 is 4.54. The Hall–Kier alpha value is -1.09. The molecule has 0 aliphatic rings. The van der Waals surface area contributed by atoms with Crippen LogP contribution in [0.4, 0.5) is 0 Å². The number of ether oxygens (including phenoxy) is 1. The van der Waals surface area contributed by atoms with Crippen LogP contribution in [0.3, 0.4) is 0 Å². The molecule has 0 aliphatic carbocycles. The maximum absolute atomic E-state index is 9.80. The monoisotopic (exact) mass is 141 g/mol. The summed E-state index contributed by atoms with van der Waals surface area (Å²) in [5, 5.41) is 2.83. The number of hydrogen-bond acceptors (Lipinski definition) is 3. The minimum atomic E-state index is -0.407. The van der Waals surface area contributed by atoms with E-state index in [1.165, 1.54) is 6.08 Å². The predicted molar refractivity (Wildman–Crippen MR) is 39.3 cm³/mol. The quantitative estimate of drug-likeness (QED) is 0.331. The van der Waals surface area contributed by atoms with Gasteiger partial charge in [-0.3, -0.25) is 10.1 Å². The van der Waals surface area contributed by atoms with Gasteiger partial charge >= 0.3 is 0 Å². The molecule has 0 fully saturated rings. The van der Waals surface area contributed by atoms with Crippen molar-refractivity contribution in [1.82, 2.24) is 5.32 Å². The Morgan fingerprint density at radius 3 is 2.70 bits per heavy atom. The summed E-state index contributed by atoms with van der Waals surface area (Å²) in [6.07, 6.45) is 2.76. The highest BCUT2D eigenvalue weighted by atomic mass is 16.5. The van der Waals surface area contributed by atoms with Crippen LogP contribution in [-0.4, -0.2) is 19.2 Å². The molecule has 0 bridgehead atoms. The Morgan fingerprint density at radius 2 is 2.30 bits per heavy atom. The summed E-state index contributed by atoms with van der Waals surface area (Å²) in [4.78, 5) is 9.80. The number of carbonyl (C=O) groups is 1. The van der Waals surface area contributed by atoms with E-state index in [0.717, 1.165) is 0 Å². The highest BCUT2D eigenvalue weighted by Gasteiger charge is 1.97. The maximum Gasteiger partial charge on any atom is 0.294 e. The van der Waals surface area contributed by atoms with Crippen LogP contribution in [0.2, 0.25) is 0 Å². The van der Waals surface area contributed by atoms with Gasteiger partial charge in [-0.25, -0.2) is 0 Å². The third kappa shape index (κ3) is 3.86. The van der Waals surface area contributed by atoms with Gasteiger partial charge in [0.25, 0.3) is 6.47 Å². The van der Waals surface area contributed by atoms with E-state index < -0.39 is 6.23 Å². The van der Waals surface area contributed by atoms with Gasteiger partial charge in [-0.05, 0) is 6.08 Å². The number of rotatable bonds is 6. The van der Waals surface area contributed by atoms with Gasteiger partial charge in [0.15, 0.2) is 6.23 Å². The van der Waals surface area contributed by atoms with Crippen molar-refractivity contribution in [3.8, 4) is 0 Å². The highest BCUT2D eigenvalue weighted by Crippen LogP contribution is 1.83. The maximum atomic E-state index is 9.80. The lowest BCUT2D eigenvalue weighted by Crippen LogP contribution is -2.29. The Balaban J connectivity index is 3.47. The van der Waals surface area contributed by atoms with E-state index in [1.54, 1.807) is 6.08 Å². The van der Waals surface area contributed by atoms with Crippen LogP contribution in [-0.2, 0) is 9.53 Å². The summed E-state index contributed by atoms with van der Waals surface area (Å²) in [6.45, 7) is 7.90. The van der Waals surface area contributed by atoms with Crippen LogP contribution < -0.4 is 5.32 Å². The van der Waals surface area contributed by atoms with Gasteiger partial charge in [0.2, 0.25) is 0 Å². The molecule has 10 heavy (non-hydrogen) atoms. The number of carbonyl (C=O) groups excluding carboxylic acids is 1. The zero-order valence-corrected chi connectivity index (χ0v) is 5.75. The van der Waals surface area contributed by atoms with Crippen molar-refractivity contribution < 1.29 is 9.53 Å². The van der Waals surface area contributed by atoms with Crippen molar-refractivity contribution in [2.24, 2.45) is 0 Å². The second-order valence-electron chi connectivity index (χ2n) is 1.59. The average Bonchev–Trinajstić information content (AvgIpc) is 1.98. The fraction of sp³-hybridized carbons (Fsp3) is 0.286. The Bertz CT molecular complexity index is 123. The van der Waals surface area contributed by atoms with Crippen molar-refractivity contribution in [3.05, 3.63) is 25.3 Å². The van der Waals surface area contributed by atoms with E-state index in [9.17, 15) is 4.79 Å². The van der Waals surface area contributed by atoms with E-state index in [2.05, 4.69) is 23.2 Å². The van der Waals surface area contributed by atoms with E-state index in [0.29, 0.717) is 13.0 Å². The molecule has 3 heteroatoms. The molecule has 3 nitrogen and oxygen atoms in total. The molecule has 1 unspecified atom stereocenters. The van der Waals surface area contributed by atoms with Gasteiger partial charge in [-0.1, -0.05) is 12.7 Å². The first-order valence-electron chi connectivity index (χ1n) is 2.91. The van der Waals surface area contributed by atoms with Crippen molar-refractivity contribution in [2.75, 3.05) is 6.54 Å². The zero-order valence-electron chi connectivity index (χ0n) is 5.75. The topological polar surface area (TPSA) is 38.3 Å². The lowest BCUT2D eigenvalue weighted by atomic mass is 10.5. The van der Waals surface area contributed by atoms with Crippen LogP contribution >= 0.6 is 0 Å². The minimum absolute atomic E-state index is 0.377. The van der Waals surface area contributed by atoms with Gasteiger partial charge in [-0.2, -0.15) is 0 Å². The summed E-state index contributed by atoms with van der Waals surface area (Å²) in [7, 11) is 0. The number of hydrogen-bond donors (Lipinski definition) is 1. The molecular weight excluding hydrogens is 130 g/mol. The van der Waals surface area contributed by atoms with E-state index in [4.69, 9.17) is 0 Å². The number of nitrogens with one attached hydrogen (secondary N) is 1. The second-order valence-corrected chi connectivity index (χ2v) is 1.59. The van der Waals surface area contributed by atoms with Gasteiger partial charge < -0.3 is 4.74 Å². The predicted octanol–water partition coefficient (Wildman–Crippen LogP) is 0.447. The lowest BCUT2D eigenvalue weighted by Gasteiger charge is -2.09. The van der Waals surface area contributed by atoms with Gasteiger partial charge in [0.1, 0.15) is 0 Å². The molecule has 0 aromatic heterocycles. The summed E-state index contributed by atoms with van der Waals surface area (Å²) in [6, 6.07) is 0. The first kappa shape index (κ1) is 8.91. The molecule has 0 saturated carbocycles. The standard InChI is InChI=1S/C7H11NO2/c1-3-5-8-7(4-2)10-6-9/h3-4,6-8H,1-2,5H2. The minimum Gasteiger partial charge on any atom is -0.445 e. The Labute approximate surface area is 60.4 Å². The van der Waals surface area contributed by atoms with E-state index in [-0.39, 0.29) is 0 Å². The fourth-order valence-electron chi connectivity index (χ4n) is 0.446. The average molecular weight is 141 g/mol. The molecular formula is C7H11NO2. The van der Waals surface area contributed by atoms with Crippen LogP contribution in [0, 0.1) is 0 Å². The van der Waals surface area contributed by atoms with Gasteiger partial charge in [-0.15, -0.1) is 6.58 Å².